The molecule has 1 heterocycles. The summed E-state index contributed by atoms with van der Waals surface area (Å²) in [5.41, 5.74) is -5.43. The monoisotopic (exact) mass is 480 g/mol. The van der Waals surface area contributed by atoms with E-state index < -0.39 is 22.2 Å². The number of halogens is 4. The molecule has 1 aliphatic rings. The third-order valence-electron chi connectivity index (χ3n) is 2.39. The highest BCUT2D eigenvalue weighted by atomic mass is 79.9. The first-order valence-corrected chi connectivity index (χ1v) is 9.36. The maximum Gasteiger partial charge on any atom is 0.523 e. The van der Waals surface area contributed by atoms with Gasteiger partial charge in [0.2, 0.25) is 0 Å². The van der Waals surface area contributed by atoms with Crippen molar-refractivity contribution in [2.45, 2.75) is 5.51 Å². The van der Waals surface area contributed by atoms with Crippen molar-refractivity contribution in [1.29, 1.82) is 0 Å². The average Bonchev–Trinajstić information content (AvgIpc) is 2.62. The molecule has 0 amide bonds. The summed E-state index contributed by atoms with van der Waals surface area (Å²) in [4.78, 5) is 0. The highest BCUT2D eigenvalue weighted by Gasteiger charge is 2.47. The molecule has 1 aromatic rings. The second-order valence-electron chi connectivity index (χ2n) is 4.53. The smallest absolute Gasteiger partial charge is 0.497 e. The van der Waals surface area contributed by atoms with Crippen molar-refractivity contribution >= 4 is 26.0 Å². The number of benzene rings is 1. The van der Waals surface area contributed by atoms with E-state index in [0.717, 1.165) is 16.5 Å². The lowest BCUT2D eigenvalue weighted by atomic mass is 10.3. The standard InChI is InChI=1S/C7H7BrO.C6H7F3O5S.C2H6O/c1-9-7-4-2-6(8)3-5-7;7-6(8,9)15(10,11)14-4-5-3-12-1-2-13-5;1-3-2/h2-5H,1H3;3H,1-2,4H2;1-2H3. The summed E-state index contributed by atoms with van der Waals surface area (Å²) in [5, 5.41) is 0. The van der Waals surface area contributed by atoms with Gasteiger partial charge < -0.3 is 18.9 Å². The molecular formula is C15H20BrF3O7S. The van der Waals surface area contributed by atoms with Crippen molar-refractivity contribution in [3.05, 3.63) is 40.8 Å². The number of hydrogen-bond acceptors (Lipinski definition) is 7. The van der Waals surface area contributed by atoms with Gasteiger partial charge in [-0.3, -0.25) is 4.18 Å². The van der Waals surface area contributed by atoms with Gasteiger partial charge in [-0.15, -0.1) is 0 Å². The molecule has 0 unspecified atom stereocenters. The van der Waals surface area contributed by atoms with Gasteiger partial charge in [-0.1, -0.05) is 15.9 Å². The fourth-order valence-corrected chi connectivity index (χ4v) is 1.92. The van der Waals surface area contributed by atoms with E-state index in [9.17, 15) is 21.6 Å². The molecule has 0 aromatic heterocycles. The van der Waals surface area contributed by atoms with Gasteiger partial charge >= 0.3 is 15.6 Å². The largest absolute Gasteiger partial charge is 0.523 e. The third kappa shape index (κ3) is 11.1. The summed E-state index contributed by atoms with van der Waals surface area (Å²) in [6.07, 6.45) is 1.01. The lowest BCUT2D eigenvalue weighted by Gasteiger charge is -2.15. The third-order valence-corrected chi connectivity index (χ3v) is 3.92. The maximum absolute atomic E-state index is 11.8. The van der Waals surface area contributed by atoms with Crippen LogP contribution in [0.1, 0.15) is 0 Å². The summed E-state index contributed by atoms with van der Waals surface area (Å²) in [7, 11) is -0.668. The summed E-state index contributed by atoms with van der Waals surface area (Å²) < 4.78 is 79.6. The molecule has 0 fully saturated rings. The van der Waals surface area contributed by atoms with Crippen LogP contribution in [0.4, 0.5) is 13.2 Å². The van der Waals surface area contributed by atoms with Crippen LogP contribution in [0, 0.1) is 0 Å². The van der Waals surface area contributed by atoms with Gasteiger partial charge in [0.05, 0.1) is 7.11 Å². The fourth-order valence-electron chi connectivity index (χ4n) is 1.26. The van der Waals surface area contributed by atoms with E-state index >= 15 is 0 Å². The van der Waals surface area contributed by atoms with Crippen LogP contribution in [-0.2, 0) is 28.5 Å². The molecule has 0 saturated carbocycles. The molecule has 0 aliphatic carbocycles. The Bertz CT molecular complexity index is 661. The van der Waals surface area contributed by atoms with Gasteiger partial charge in [0.25, 0.3) is 0 Å². The van der Waals surface area contributed by atoms with Crippen LogP contribution in [0.3, 0.4) is 0 Å². The molecule has 1 aliphatic heterocycles. The summed E-state index contributed by atoms with van der Waals surface area (Å²) in [6, 6.07) is 7.70. The first-order valence-electron chi connectivity index (χ1n) is 7.16. The molecule has 1 aromatic carbocycles. The van der Waals surface area contributed by atoms with E-state index in [0.29, 0.717) is 0 Å². The summed E-state index contributed by atoms with van der Waals surface area (Å²) in [5.74, 6) is 0.785. The minimum absolute atomic E-state index is 0.103. The molecule has 0 spiro atoms. The molecule has 0 radical (unpaired) electrons. The van der Waals surface area contributed by atoms with Crippen LogP contribution in [0.2, 0.25) is 0 Å². The van der Waals surface area contributed by atoms with E-state index in [4.69, 9.17) is 9.47 Å². The molecule has 7 nitrogen and oxygen atoms in total. The van der Waals surface area contributed by atoms with E-state index in [1.54, 1.807) is 21.3 Å². The Morgan fingerprint density at radius 1 is 1.11 bits per heavy atom. The van der Waals surface area contributed by atoms with Gasteiger partial charge in [-0.2, -0.15) is 21.6 Å². The lowest BCUT2D eigenvalue weighted by molar-refractivity contribution is -0.0548. The van der Waals surface area contributed by atoms with Crippen LogP contribution >= 0.6 is 15.9 Å². The van der Waals surface area contributed by atoms with Gasteiger partial charge in [0.15, 0.2) is 5.76 Å². The molecular weight excluding hydrogens is 461 g/mol. The average molecular weight is 481 g/mol. The molecule has 0 bridgehead atoms. The van der Waals surface area contributed by atoms with Crippen molar-refractivity contribution in [2.24, 2.45) is 0 Å². The van der Waals surface area contributed by atoms with Crippen LogP contribution in [0.25, 0.3) is 0 Å². The number of methoxy groups -OCH3 is 2. The number of alkyl halides is 3. The van der Waals surface area contributed by atoms with Crippen LogP contribution in [0.5, 0.6) is 5.75 Å². The summed E-state index contributed by atoms with van der Waals surface area (Å²) in [6.45, 7) is -0.432. The molecule has 12 heteroatoms. The lowest BCUT2D eigenvalue weighted by Crippen LogP contribution is -2.27. The zero-order chi connectivity index (χ0) is 20.9. The number of rotatable bonds is 4. The predicted octanol–water partition coefficient (Wildman–Crippen LogP) is 3.46. The minimum Gasteiger partial charge on any atom is -0.497 e. The molecule has 27 heavy (non-hydrogen) atoms. The highest BCUT2D eigenvalue weighted by molar-refractivity contribution is 9.10. The van der Waals surface area contributed by atoms with Crippen molar-refractivity contribution < 1.29 is 44.7 Å². The Kier molecular flexibility index (Phi) is 12.1. The van der Waals surface area contributed by atoms with Gasteiger partial charge in [-0.25, -0.2) is 0 Å². The first-order chi connectivity index (χ1) is 12.6. The molecule has 2 rings (SSSR count). The quantitative estimate of drug-likeness (QED) is 0.482. The second kappa shape index (κ2) is 12.8. The van der Waals surface area contributed by atoms with Crippen molar-refractivity contribution in [3.63, 3.8) is 0 Å². The maximum atomic E-state index is 11.8. The molecule has 0 atom stereocenters. The Hall–Kier alpha value is -1.50. The van der Waals surface area contributed by atoms with E-state index in [1.807, 2.05) is 24.3 Å². The molecule has 0 N–H and O–H groups in total. The SMILES string of the molecule is COC.COc1ccc(Br)cc1.O=S(=O)(OCC1=COCCO1)C(F)(F)F. The predicted molar refractivity (Wildman–Crippen MR) is 94.5 cm³/mol. The summed E-state index contributed by atoms with van der Waals surface area (Å²) >= 11 is 3.32. The molecule has 0 saturated heterocycles. The Balaban J connectivity index is 0.000000477. The topological polar surface area (TPSA) is 80.3 Å². The van der Waals surface area contributed by atoms with E-state index in [2.05, 4.69) is 29.6 Å². The minimum atomic E-state index is -5.57. The van der Waals surface area contributed by atoms with Crippen molar-refractivity contribution in [3.8, 4) is 5.75 Å². The second-order valence-corrected chi connectivity index (χ2v) is 7.05. The van der Waals surface area contributed by atoms with E-state index in [-0.39, 0.29) is 19.0 Å². The highest BCUT2D eigenvalue weighted by Crippen LogP contribution is 2.25. The Labute approximate surface area is 164 Å². The molecule has 156 valence electrons. The van der Waals surface area contributed by atoms with Crippen LogP contribution < -0.4 is 4.74 Å². The first kappa shape index (κ1) is 25.5. The van der Waals surface area contributed by atoms with Gasteiger partial charge in [0.1, 0.15) is 31.8 Å². The zero-order valence-corrected chi connectivity index (χ0v) is 17.2. The fraction of sp³-hybridized carbons (Fsp3) is 0.467. The number of ether oxygens (including phenoxy) is 4. The van der Waals surface area contributed by atoms with Gasteiger partial charge in [0, 0.05) is 18.7 Å². The van der Waals surface area contributed by atoms with Gasteiger partial charge in [-0.05, 0) is 24.3 Å². The Morgan fingerprint density at radius 2 is 1.67 bits per heavy atom. The van der Waals surface area contributed by atoms with E-state index in [1.165, 1.54) is 0 Å². The van der Waals surface area contributed by atoms with Crippen molar-refractivity contribution in [1.82, 2.24) is 0 Å². The van der Waals surface area contributed by atoms with Crippen LogP contribution in [0.15, 0.2) is 40.8 Å². The van der Waals surface area contributed by atoms with Crippen molar-refractivity contribution in [2.75, 3.05) is 41.2 Å². The Morgan fingerprint density at radius 3 is 2.07 bits per heavy atom. The zero-order valence-electron chi connectivity index (χ0n) is 14.8. The normalized spacial score (nSPS) is 13.5. The van der Waals surface area contributed by atoms with Crippen LogP contribution in [-0.4, -0.2) is 55.1 Å². The number of hydrogen-bond donors (Lipinski definition) is 0.